The molecule has 4 heterocycles. The number of amides is 1. The van der Waals surface area contributed by atoms with Gasteiger partial charge in [0.2, 0.25) is 15.9 Å². The highest BCUT2D eigenvalue weighted by molar-refractivity contribution is 7.92. The number of fused-ring (bicyclic) bond motifs is 1. The summed E-state index contributed by atoms with van der Waals surface area (Å²) < 4.78 is 29.1. The van der Waals surface area contributed by atoms with E-state index in [1.165, 1.54) is 0 Å². The summed E-state index contributed by atoms with van der Waals surface area (Å²) in [7, 11) is -3.32. The first kappa shape index (κ1) is 26.8. The van der Waals surface area contributed by atoms with Gasteiger partial charge in [-0.1, -0.05) is 12.1 Å². The van der Waals surface area contributed by atoms with E-state index in [1.54, 1.807) is 10.6 Å². The molecule has 0 aliphatic carbocycles. The summed E-state index contributed by atoms with van der Waals surface area (Å²) in [6.07, 6.45) is 2.18. The summed E-state index contributed by atoms with van der Waals surface area (Å²) in [4.78, 5) is 17.3. The molecule has 1 aliphatic rings. The topological polar surface area (TPSA) is 131 Å². The first-order valence-electron chi connectivity index (χ1n) is 12.9. The van der Waals surface area contributed by atoms with Crippen LogP contribution in [0.3, 0.4) is 0 Å². The maximum Gasteiger partial charge on any atom is 0.229 e. The molecule has 206 valence electrons. The van der Waals surface area contributed by atoms with Gasteiger partial charge < -0.3 is 4.90 Å². The number of aromatic nitrogens is 6. The minimum Gasteiger partial charge on any atom is -0.340 e. The Morgan fingerprint density at radius 3 is 2.51 bits per heavy atom. The van der Waals surface area contributed by atoms with E-state index >= 15 is 0 Å². The van der Waals surface area contributed by atoms with Crippen molar-refractivity contribution in [3.63, 3.8) is 0 Å². The Kier molecular flexibility index (Phi) is 7.36. The zero-order valence-corrected chi connectivity index (χ0v) is 23.4. The van der Waals surface area contributed by atoms with E-state index < -0.39 is 10.0 Å². The number of benzene rings is 1. The maximum absolute atomic E-state index is 13.1. The van der Waals surface area contributed by atoms with Gasteiger partial charge in [0.15, 0.2) is 17.3 Å². The van der Waals surface area contributed by atoms with Crippen LogP contribution in [0, 0.1) is 20.8 Å². The molecular weight excluding hydrogens is 518 g/mol. The molecule has 0 radical (unpaired) electrons. The van der Waals surface area contributed by atoms with Crippen LogP contribution >= 0.6 is 0 Å². The quantitative estimate of drug-likeness (QED) is 0.351. The van der Waals surface area contributed by atoms with Gasteiger partial charge >= 0.3 is 0 Å². The molecule has 12 nitrogen and oxygen atoms in total. The highest BCUT2D eigenvalue weighted by atomic mass is 32.2. The molecule has 0 spiro atoms. The minimum absolute atomic E-state index is 0.139. The summed E-state index contributed by atoms with van der Waals surface area (Å²) in [5, 5.41) is 17.5. The largest absolute Gasteiger partial charge is 0.340 e. The fraction of sp³-hybridized carbons (Fsp3) is 0.423. The van der Waals surface area contributed by atoms with Crippen LogP contribution in [0.2, 0.25) is 0 Å². The second-order valence-corrected chi connectivity index (χ2v) is 11.7. The van der Waals surface area contributed by atoms with Crippen molar-refractivity contribution >= 4 is 27.3 Å². The van der Waals surface area contributed by atoms with Gasteiger partial charge in [0.25, 0.3) is 0 Å². The second kappa shape index (κ2) is 10.7. The van der Waals surface area contributed by atoms with Crippen LogP contribution in [0.5, 0.6) is 0 Å². The number of nitrogens with one attached hydrogen (secondary N) is 1. The number of rotatable bonds is 8. The molecule has 0 bridgehead atoms. The first-order valence-corrected chi connectivity index (χ1v) is 14.8. The molecule has 1 aliphatic heterocycles. The Hall–Kier alpha value is -3.84. The number of hydrogen-bond acceptors (Lipinski definition) is 8. The molecule has 1 N–H and O–H groups in total. The average molecular weight is 552 g/mol. The van der Waals surface area contributed by atoms with Crippen LogP contribution < -0.4 is 4.72 Å². The van der Waals surface area contributed by atoms with Crippen LogP contribution in [0.15, 0.2) is 36.4 Å². The van der Waals surface area contributed by atoms with Crippen molar-refractivity contribution in [2.24, 2.45) is 0 Å². The lowest BCUT2D eigenvalue weighted by Gasteiger charge is -2.35. The van der Waals surface area contributed by atoms with E-state index in [0.29, 0.717) is 55.5 Å². The van der Waals surface area contributed by atoms with Crippen molar-refractivity contribution in [2.45, 2.75) is 40.2 Å². The van der Waals surface area contributed by atoms with Gasteiger partial charge in [-0.3, -0.25) is 14.4 Å². The lowest BCUT2D eigenvalue weighted by atomic mass is 10.1. The first-order chi connectivity index (χ1) is 18.6. The molecule has 0 atom stereocenters. The number of anilines is 1. The monoisotopic (exact) mass is 551 g/mol. The molecule has 0 saturated carbocycles. The lowest BCUT2D eigenvalue weighted by Crippen LogP contribution is -2.48. The number of carbonyl (C=O) groups excluding carboxylic acids is 1. The predicted molar refractivity (Wildman–Crippen MR) is 147 cm³/mol. The maximum atomic E-state index is 13.1. The zero-order chi connectivity index (χ0) is 27.7. The highest BCUT2D eigenvalue weighted by Gasteiger charge is 2.22. The molecule has 39 heavy (non-hydrogen) atoms. The third kappa shape index (κ3) is 6.09. The van der Waals surface area contributed by atoms with Crippen LogP contribution in [0.4, 0.5) is 5.69 Å². The van der Waals surface area contributed by atoms with E-state index in [4.69, 9.17) is 5.10 Å². The van der Waals surface area contributed by atoms with Crippen LogP contribution in [-0.2, 0) is 27.8 Å². The Morgan fingerprint density at radius 2 is 1.77 bits per heavy atom. The predicted octanol–water partition coefficient (Wildman–Crippen LogP) is 1.88. The fourth-order valence-electron chi connectivity index (χ4n) is 5.01. The normalized spacial score (nSPS) is 14.7. The summed E-state index contributed by atoms with van der Waals surface area (Å²) in [5.41, 5.74) is 5.19. The summed E-state index contributed by atoms with van der Waals surface area (Å²) >= 11 is 0. The molecule has 1 fully saturated rings. The Morgan fingerprint density at radius 1 is 1.00 bits per heavy atom. The second-order valence-electron chi connectivity index (χ2n) is 10.0. The van der Waals surface area contributed by atoms with Gasteiger partial charge in [-0.2, -0.15) is 9.61 Å². The molecule has 5 rings (SSSR count). The Labute approximate surface area is 227 Å². The van der Waals surface area contributed by atoms with Gasteiger partial charge in [-0.15, -0.1) is 15.3 Å². The van der Waals surface area contributed by atoms with Crippen molar-refractivity contribution in [1.82, 2.24) is 39.4 Å². The third-order valence-electron chi connectivity index (χ3n) is 7.01. The van der Waals surface area contributed by atoms with Gasteiger partial charge in [0.05, 0.1) is 11.9 Å². The molecule has 3 aromatic heterocycles. The standard InChI is InChI=1S/C26H33N9O3S/c1-18-23(19(2)34(29-18)25-10-9-24-28-27-20(3)35(24)30-25)8-11-26(36)33-14-12-32(13-15-33)17-21-6-5-7-22(16-21)31-39(4,37)38/h5-7,9-10,16,31H,8,11-15,17H2,1-4H3. The van der Waals surface area contributed by atoms with Crippen molar-refractivity contribution in [2.75, 3.05) is 37.2 Å². The van der Waals surface area contributed by atoms with Crippen molar-refractivity contribution in [3.05, 3.63) is 64.7 Å². The fourth-order valence-corrected chi connectivity index (χ4v) is 5.57. The molecule has 0 unspecified atom stereocenters. The SMILES string of the molecule is Cc1nn(-c2ccc3nnc(C)n3n2)c(C)c1CCC(=O)N1CCN(Cc2cccc(NS(C)(=O)=O)c2)CC1. The molecule has 13 heteroatoms. The van der Waals surface area contributed by atoms with Gasteiger partial charge in [-0.05, 0) is 62.6 Å². The van der Waals surface area contributed by atoms with E-state index in [-0.39, 0.29) is 5.91 Å². The van der Waals surface area contributed by atoms with Crippen LogP contribution in [-0.4, -0.2) is 86.2 Å². The number of sulfonamides is 1. The molecular formula is C26H33N9O3S. The molecule has 1 aromatic carbocycles. The molecule has 1 saturated heterocycles. The minimum atomic E-state index is -3.32. The van der Waals surface area contributed by atoms with Crippen LogP contribution in [0.25, 0.3) is 11.5 Å². The Bertz CT molecular complexity index is 1620. The molecule has 1 amide bonds. The highest BCUT2D eigenvalue weighted by Crippen LogP contribution is 2.20. The number of aryl methyl sites for hydroxylation is 2. The summed E-state index contributed by atoms with van der Waals surface area (Å²) in [6, 6.07) is 11.2. The number of nitrogens with zero attached hydrogens (tertiary/aromatic N) is 8. The number of piperazine rings is 1. The summed E-state index contributed by atoms with van der Waals surface area (Å²) in [5.74, 6) is 1.52. The number of hydrogen-bond donors (Lipinski definition) is 1. The third-order valence-corrected chi connectivity index (χ3v) is 7.62. The van der Waals surface area contributed by atoms with Crippen molar-refractivity contribution in [3.8, 4) is 5.82 Å². The van der Waals surface area contributed by atoms with Gasteiger partial charge in [-0.25, -0.2) is 13.1 Å². The van der Waals surface area contributed by atoms with Crippen molar-refractivity contribution in [1.29, 1.82) is 0 Å². The average Bonchev–Trinajstić information content (AvgIpc) is 3.40. The number of carbonyl (C=O) groups is 1. The molecule has 4 aromatic rings. The lowest BCUT2D eigenvalue weighted by molar-refractivity contribution is -0.133. The zero-order valence-electron chi connectivity index (χ0n) is 22.6. The van der Waals surface area contributed by atoms with Crippen LogP contribution in [0.1, 0.15) is 34.8 Å². The van der Waals surface area contributed by atoms with Gasteiger partial charge in [0, 0.05) is 50.5 Å². The van der Waals surface area contributed by atoms with Crippen molar-refractivity contribution < 1.29 is 13.2 Å². The smallest absolute Gasteiger partial charge is 0.229 e. The Balaban J connectivity index is 1.16. The van der Waals surface area contributed by atoms with E-state index in [2.05, 4.69) is 24.9 Å². The van der Waals surface area contributed by atoms with E-state index in [0.717, 1.165) is 41.9 Å². The summed E-state index contributed by atoms with van der Waals surface area (Å²) in [6.45, 7) is 9.39. The van der Waals surface area contributed by atoms with E-state index in [9.17, 15) is 13.2 Å². The van der Waals surface area contributed by atoms with Gasteiger partial charge in [0.1, 0.15) is 0 Å². The van der Waals surface area contributed by atoms with E-state index in [1.807, 2.05) is 60.7 Å².